The number of hydrogen-bond donors (Lipinski definition) is 1. The minimum absolute atomic E-state index is 0.841. The van der Waals surface area contributed by atoms with Crippen LogP contribution in [-0.4, -0.2) is 31.1 Å². The Hall–Kier alpha value is -0.0800. The highest BCUT2D eigenvalue weighted by Crippen LogP contribution is 2.15. The second-order valence-corrected chi connectivity index (χ2v) is 12.2. The zero-order valence-electron chi connectivity index (χ0n) is 26.4. The number of nitrogens with zero attached hydrogens (tertiary/aromatic N) is 1. The molecule has 0 aromatic rings. The summed E-state index contributed by atoms with van der Waals surface area (Å²) in [5.41, 5.74) is 5.81. The average Bonchev–Trinajstić information content (AvgIpc) is 2.91. The summed E-state index contributed by atoms with van der Waals surface area (Å²) in [6.45, 7) is 9.27. The monoisotopic (exact) mass is 523 g/mol. The van der Waals surface area contributed by atoms with Crippen LogP contribution in [-0.2, 0) is 0 Å². The first kappa shape index (κ1) is 36.9. The van der Waals surface area contributed by atoms with Gasteiger partial charge in [0.2, 0.25) is 0 Å². The summed E-state index contributed by atoms with van der Waals surface area (Å²) in [5.74, 6) is 0. The van der Waals surface area contributed by atoms with Gasteiger partial charge >= 0.3 is 0 Å². The van der Waals surface area contributed by atoms with Crippen molar-refractivity contribution in [3.63, 3.8) is 0 Å². The zero-order valence-corrected chi connectivity index (χ0v) is 26.4. The summed E-state index contributed by atoms with van der Waals surface area (Å²) < 4.78 is 0. The van der Waals surface area contributed by atoms with Crippen LogP contribution in [0.25, 0.3) is 0 Å². The van der Waals surface area contributed by atoms with Gasteiger partial charge in [-0.1, -0.05) is 181 Å². The lowest BCUT2D eigenvalue weighted by molar-refractivity contribution is 0.258. The van der Waals surface area contributed by atoms with Crippen LogP contribution in [0.5, 0.6) is 0 Å². The second-order valence-electron chi connectivity index (χ2n) is 12.2. The molecule has 2 heteroatoms. The molecule has 0 saturated carbocycles. The van der Waals surface area contributed by atoms with Crippen molar-refractivity contribution in [2.24, 2.45) is 5.73 Å². The maximum absolute atomic E-state index is 5.81. The van der Waals surface area contributed by atoms with E-state index in [0.29, 0.717) is 0 Å². The Bertz CT molecular complexity index is 351. The van der Waals surface area contributed by atoms with Gasteiger partial charge in [-0.25, -0.2) is 0 Å². The molecule has 0 rings (SSSR count). The quantitative estimate of drug-likeness (QED) is 0.0868. The first-order valence-corrected chi connectivity index (χ1v) is 17.8. The molecule has 0 aliphatic rings. The van der Waals surface area contributed by atoms with Gasteiger partial charge in [0.25, 0.3) is 0 Å². The molecule has 2 nitrogen and oxygen atoms in total. The van der Waals surface area contributed by atoms with E-state index in [2.05, 4.69) is 18.7 Å². The molecule has 224 valence electrons. The van der Waals surface area contributed by atoms with Gasteiger partial charge in [0.1, 0.15) is 0 Å². The normalized spacial score (nSPS) is 11.7. The summed E-state index contributed by atoms with van der Waals surface area (Å²) >= 11 is 0. The van der Waals surface area contributed by atoms with Crippen LogP contribution < -0.4 is 5.73 Å². The molecule has 0 radical (unpaired) electrons. The fourth-order valence-electron chi connectivity index (χ4n) is 5.71. The third-order valence-electron chi connectivity index (χ3n) is 8.33. The zero-order chi connectivity index (χ0) is 26.9. The van der Waals surface area contributed by atoms with Gasteiger partial charge in [0, 0.05) is 0 Å². The Labute approximate surface area is 236 Å². The lowest BCUT2D eigenvalue weighted by atomic mass is 10.0. The Balaban J connectivity index is 3.46. The predicted octanol–water partition coefficient (Wildman–Crippen LogP) is 11.6. The molecule has 0 unspecified atom stereocenters. The minimum Gasteiger partial charge on any atom is -0.330 e. The molecule has 0 aliphatic heterocycles. The van der Waals surface area contributed by atoms with E-state index in [4.69, 9.17) is 5.73 Å². The molecule has 0 spiro atoms. The molecule has 2 N–H and O–H groups in total. The van der Waals surface area contributed by atoms with Crippen LogP contribution in [0.1, 0.15) is 200 Å². The first-order valence-electron chi connectivity index (χ1n) is 17.8. The number of nitrogens with two attached hydrogens (primary N) is 1. The van der Waals surface area contributed by atoms with E-state index in [-0.39, 0.29) is 0 Å². The van der Waals surface area contributed by atoms with Crippen LogP contribution in [0.4, 0.5) is 0 Å². The van der Waals surface area contributed by atoms with Gasteiger partial charge in [-0.15, -0.1) is 0 Å². The van der Waals surface area contributed by atoms with E-state index in [1.54, 1.807) is 0 Å². The molecule has 0 aromatic heterocycles. The summed E-state index contributed by atoms with van der Waals surface area (Å²) in [6.07, 6.45) is 41.7. The molecule has 0 bridgehead atoms. The van der Waals surface area contributed by atoms with Crippen molar-refractivity contribution in [2.45, 2.75) is 200 Å². The van der Waals surface area contributed by atoms with E-state index >= 15 is 0 Å². The largest absolute Gasteiger partial charge is 0.330 e. The van der Waals surface area contributed by atoms with Crippen molar-refractivity contribution in [3.8, 4) is 0 Å². The molecular weight excluding hydrogens is 448 g/mol. The fourth-order valence-corrected chi connectivity index (χ4v) is 5.71. The molecular formula is C35H74N2. The molecule has 0 heterocycles. The Morgan fingerprint density at radius 2 is 0.514 bits per heavy atom. The van der Waals surface area contributed by atoms with E-state index in [9.17, 15) is 0 Å². The van der Waals surface area contributed by atoms with Crippen LogP contribution >= 0.6 is 0 Å². The minimum atomic E-state index is 0.841. The van der Waals surface area contributed by atoms with Crippen molar-refractivity contribution >= 4 is 0 Å². The molecule has 0 aliphatic carbocycles. The number of unbranched alkanes of at least 4 members (excludes halogenated alkanes) is 26. The van der Waals surface area contributed by atoms with E-state index in [1.165, 1.54) is 199 Å². The molecule has 0 amide bonds. The van der Waals surface area contributed by atoms with Crippen LogP contribution in [0, 0.1) is 0 Å². The van der Waals surface area contributed by atoms with Crippen molar-refractivity contribution in [1.29, 1.82) is 0 Å². The van der Waals surface area contributed by atoms with Crippen LogP contribution in [0.2, 0.25) is 0 Å². The lowest BCUT2D eigenvalue weighted by Gasteiger charge is -2.22. The Morgan fingerprint density at radius 1 is 0.297 bits per heavy atom. The Kier molecular flexibility index (Phi) is 33.9. The summed E-state index contributed by atoms with van der Waals surface area (Å²) in [5, 5.41) is 0. The second kappa shape index (κ2) is 33.9. The fraction of sp³-hybridized carbons (Fsp3) is 1.00. The third kappa shape index (κ3) is 32.0. The number of hydrogen-bond acceptors (Lipinski definition) is 2. The molecule has 37 heavy (non-hydrogen) atoms. The van der Waals surface area contributed by atoms with E-state index in [1.807, 2.05) is 0 Å². The number of rotatable bonds is 33. The average molecular weight is 523 g/mol. The Morgan fingerprint density at radius 3 is 0.757 bits per heavy atom. The molecule has 0 fully saturated rings. The van der Waals surface area contributed by atoms with Crippen LogP contribution in [0.3, 0.4) is 0 Å². The van der Waals surface area contributed by atoms with E-state index in [0.717, 1.165) is 13.0 Å². The molecule has 0 saturated heterocycles. The van der Waals surface area contributed by atoms with Crippen molar-refractivity contribution in [1.82, 2.24) is 4.90 Å². The first-order chi connectivity index (χ1) is 18.3. The van der Waals surface area contributed by atoms with Crippen molar-refractivity contribution < 1.29 is 0 Å². The van der Waals surface area contributed by atoms with Crippen molar-refractivity contribution in [3.05, 3.63) is 0 Å². The smallest absolute Gasteiger partial charge is 0.000672 e. The SMILES string of the molecule is CCCCCCCCCCCCCCCCN(CCCN)CCCCCCCCCCCCCCCC. The third-order valence-corrected chi connectivity index (χ3v) is 8.33. The highest BCUT2D eigenvalue weighted by Gasteiger charge is 2.04. The van der Waals surface area contributed by atoms with E-state index < -0.39 is 0 Å². The van der Waals surface area contributed by atoms with Crippen LogP contribution in [0.15, 0.2) is 0 Å². The van der Waals surface area contributed by atoms with Crippen molar-refractivity contribution in [2.75, 3.05) is 26.2 Å². The van der Waals surface area contributed by atoms with Gasteiger partial charge in [-0.3, -0.25) is 0 Å². The van der Waals surface area contributed by atoms with Gasteiger partial charge in [-0.2, -0.15) is 0 Å². The summed E-state index contributed by atoms with van der Waals surface area (Å²) in [7, 11) is 0. The highest BCUT2D eigenvalue weighted by molar-refractivity contribution is 4.60. The summed E-state index contributed by atoms with van der Waals surface area (Å²) in [4.78, 5) is 2.72. The highest BCUT2D eigenvalue weighted by atomic mass is 15.1. The van der Waals surface area contributed by atoms with Gasteiger partial charge in [0.15, 0.2) is 0 Å². The maximum Gasteiger partial charge on any atom is -0.000672 e. The van der Waals surface area contributed by atoms with Gasteiger partial charge in [-0.05, 0) is 45.4 Å². The topological polar surface area (TPSA) is 29.3 Å². The van der Waals surface area contributed by atoms with Gasteiger partial charge < -0.3 is 10.6 Å². The molecule has 0 aromatic carbocycles. The summed E-state index contributed by atoms with van der Waals surface area (Å²) in [6, 6.07) is 0. The standard InChI is InChI=1S/C35H74N2/c1-3-5-7-9-11-13-15-17-19-21-23-25-27-29-33-37(35-31-32-36)34-30-28-26-24-22-20-18-16-14-12-10-8-6-4-2/h3-36H2,1-2H3. The lowest BCUT2D eigenvalue weighted by Crippen LogP contribution is -2.28. The maximum atomic E-state index is 5.81. The predicted molar refractivity (Wildman–Crippen MR) is 171 cm³/mol. The molecule has 0 atom stereocenters. The van der Waals surface area contributed by atoms with Gasteiger partial charge in [0.05, 0.1) is 0 Å².